The van der Waals surface area contributed by atoms with E-state index in [-0.39, 0.29) is 41.0 Å². The maximum absolute atomic E-state index is 15.0. The van der Waals surface area contributed by atoms with Gasteiger partial charge in [-0.3, -0.25) is 9.89 Å². The van der Waals surface area contributed by atoms with E-state index < -0.39 is 11.7 Å². The van der Waals surface area contributed by atoms with Gasteiger partial charge in [0.2, 0.25) is 0 Å². The molecule has 37 heavy (non-hydrogen) atoms. The van der Waals surface area contributed by atoms with Crippen molar-refractivity contribution in [3.8, 4) is 28.8 Å². The molecule has 1 amide bonds. The van der Waals surface area contributed by atoms with Gasteiger partial charge in [0, 0.05) is 24.1 Å². The number of allylic oxidation sites excluding steroid dienone is 1. The number of nitrogens with one attached hydrogen (secondary N) is 2. The fraction of sp³-hybridized carbons (Fsp3) is 0.222. The number of nitrogen functional groups attached to an aromatic ring is 1. The second kappa shape index (κ2) is 10.9. The third kappa shape index (κ3) is 5.90. The van der Waals surface area contributed by atoms with Gasteiger partial charge >= 0.3 is 0 Å². The normalized spacial score (nSPS) is 12.4. The van der Waals surface area contributed by atoms with Crippen LogP contribution >= 0.6 is 0 Å². The fourth-order valence-electron chi connectivity index (χ4n) is 3.79. The van der Waals surface area contributed by atoms with Gasteiger partial charge in [-0.15, -0.1) is 0 Å². The number of fused-ring (bicyclic) bond motifs is 1. The van der Waals surface area contributed by atoms with Gasteiger partial charge in [0.1, 0.15) is 46.3 Å². The summed E-state index contributed by atoms with van der Waals surface area (Å²) in [5, 5.41) is 19.4. The van der Waals surface area contributed by atoms with Crippen LogP contribution in [0.4, 0.5) is 10.2 Å². The standard InChI is InChI=1S/C27H26FN7O2/c1-15(2)11-17(14-29)27(36)31-16(3)12-22-32-25(30)23-24(34-35-26(23)33-22)20-10-9-19(13-21(20)28)37-18-7-5-4-6-8-18/h4-11,13,15-16H,12H2,1-3H3,(H,31,36)(H3,30,32,33,34,35)/t16-/m0/s1. The van der Waals surface area contributed by atoms with E-state index in [0.717, 1.165) is 0 Å². The summed E-state index contributed by atoms with van der Waals surface area (Å²) in [6.07, 6.45) is 1.87. The highest BCUT2D eigenvalue weighted by atomic mass is 19.1. The van der Waals surface area contributed by atoms with Crippen molar-refractivity contribution in [2.75, 3.05) is 5.73 Å². The number of nitriles is 1. The SMILES string of the molecule is CC(C)C=C(C#N)C(=O)N[C@@H](C)Cc1nc(N)c2c(-c3ccc(Oc4ccccc4)cc3F)n[nH]c2n1. The Morgan fingerprint density at radius 1 is 1.19 bits per heavy atom. The summed E-state index contributed by atoms with van der Waals surface area (Å²) in [7, 11) is 0. The van der Waals surface area contributed by atoms with Gasteiger partial charge in [0.15, 0.2) is 5.65 Å². The van der Waals surface area contributed by atoms with Crippen molar-refractivity contribution in [3.63, 3.8) is 0 Å². The summed E-state index contributed by atoms with van der Waals surface area (Å²) in [6, 6.07) is 15.1. The first-order chi connectivity index (χ1) is 17.7. The molecule has 4 aromatic rings. The van der Waals surface area contributed by atoms with E-state index in [4.69, 9.17) is 10.5 Å². The quantitative estimate of drug-likeness (QED) is 0.236. The lowest BCUT2D eigenvalue weighted by atomic mass is 10.1. The smallest absolute Gasteiger partial charge is 0.261 e. The van der Waals surface area contributed by atoms with Gasteiger partial charge in [-0.1, -0.05) is 38.1 Å². The van der Waals surface area contributed by atoms with Crippen molar-refractivity contribution in [2.24, 2.45) is 5.92 Å². The van der Waals surface area contributed by atoms with E-state index in [1.807, 2.05) is 38.1 Å². The number of amides is 1. The zero-order chi connectivity index (χ0) is 26.5. The van der Waals surface area contributed by atoms with Crippen molar-refractivity contribution in [2.45, 2.75) is 33.2 Å². The number of hydrogen-bond donors (Lipinski definition) is 3. The minimum atomic E-state index is -0.538. The summed E-state index contributed by atoms with van der Waals surface area (Å²) in [4.78, 5) is 21.2. The van der Waals surface area contributed by atoms with Crippen molar-refractivity contribution < 1.29 is 13.9 Å². The number of anilines is 1. The molecule has 4 rings (SSSR count). The van der Waals surface area contributed by atoms with Crippen molar-refractivity contribution in [1.29, 1.82) is 5.26 Å². The van der Waals surface area contributed by atoms with Gasteiger partial charge in [0.25, 0.3) is 5.91 Å². The summed E-state index contributed by atoms with van der Waals surface area (Å²) < 4.78 is 20.7. The molecule has 0 saturated carbocycles. The molecule has 0 aliphatic carbocycles. The average Bonchev–Trinajstić information content (AvgIpc) is 3.27. The Labute approximate surface area is 213 Å². The molecular formula is C27H26FN7O2. The molecule has 0 bridgehead atoms. The third-order valence-corrected chi connectivity index (χ3v) is 5.40. The molecule has 1 atom stereocenters. The van der Waals surface area contributed by atoms with Crippen LogP contribution in [0.25, 0.3) is 22.3 Å². The highest BCUT2D eigenvalue weighted by molar-refractivity contribution is 5.98. The van der Waals surface area contributed by atoms with Crippen LogP contribution in [0.3, 0.4) is 0 Å². The van der Waals surface area contributed by atoms with E-state index in [1.165, 1.54) is 6.07 Å². The number of ether oxygens (including phenoxy) is 1. The number of H-pyrrole nitrogens is 1. The summed E-state index contributed by atoms with van der Waals surface area (Å²) in [6.45, 7) is 5.55. The molecule has 0 aliphatic heterocycles. The van der Waals surface area contributed by atoms with Crippen LogP contribution in [-0.2, 0) is 11.2 Å². The number of nitrogens with zero attached hydrogens (tertiary/aromatic N) is 4. The molecule has 4 N–H and O–H groups in total. The molecule has 2 aromatic heterocycles. The highest BCUT2D eigenvalue weighted by Gasteiger charge is 2.20. The molecule has 0 fully saturated rings. The Balaban J connectivity index is 1.53. The van der Waals surface area contributed by atoms with E-state index in [2.05, 4.69) is 25.5 Å². The number of para-hydroxylation sites is 1. The summed E-state index contributed by atoms with van der Waals surface area (Å²) >= 11 is 0. The minimum Gasteiger partial charge on any atom is -0.457 e. The topological polar surface area (TPSA) is 143 Å². The first kappa shape index (κ1) is 25.3. The van der Waals surface area contributed by atoms with Crippen molar-refractivity contribution in [3.05, 3.63) is 71.8 Å². The van der Waals surface area contributed by atoms with E-state index in [9.17, 15) is 10.1 Å². The molecule has 10 heteroatoms. The molecular weight excluding hydrogens is 473 g/mol. The number of aromatic nitrogens is 4. The fourth-order valence-corrected chi connectivity index (χ4v) is 3.79. The van der Waals surface area contributed by atoms with Gasteiger partial charge in [-0.25, -0.2) is 14.4 Å². The van der Waals surface area contributed by atoms with Crippen LogP contribution in [0.2, 0.25) is 0 Å². The molecule has 0 unspecified atom stereocenters. The molecule has 2 heterocycles. The van der Waals surface area contributed by atoms with E-state index in [0.29, 0.717) is 28.4 Å². The second-order valence-corrected chi connectivity index (χ2v) is 8.89. The Morgan fingerprint density at radius 3 is 2.62 bits per heavy atom. The van der Waals surface area contributed by atoms with E-state index >= 15 is 4.39 Å². The summed E-state index contributed by atoms with van der Waals surface area (Å²) in [5.74, 6) is 0.498. The largest absolute Gasteiger partial charge is 0.457 e. The van der Waals surface area contributed by atoms with Crippen molar-refractivity contribution in [1.82, 2.24) is 25.5 Å². The van der Waals surface area contributed by atoms with Crippen LogP contribution in [-0.4, -0.2) is 32.1 Å². The Bertz CT molecular complexity index is 1510. The number of rotatable bonds is 8. The van der Waals surface area contributed by atoms with Crippen LogP contribution in [0.5, 0.6) is 11.5 Å². The molecule has 0 aliphatic rings. The summed E-state index contributed by atoms with van der Waals surface area (Å²) in [5.41, 5.74) is 7.12. The number of benzene rings is 2. The molecule has 0 spiro atoms. The second-order valence-electron chi connectivity index (χ2n) is 8.89. The molecule has 0 saturated heterocycles. The molecule has 2 aromatic carbocycles. The van der Waals surface area contributed by atoms with Gasteiger partial charge in [0.05, 0.1) is 5.39 Å². The van der Waals surface area contributed by atoms with Crippen LogP contribution in [0.1, 0.15) is 26.6 Å². The van der Waals surface area contributed by atoms with E-state index in [1.54, 1.807) is 37.3 Å². The van der Waals surface area contributed by atoms with Gasteiger partial charge in [-0.2, -0.15) is 10.4 Å². The maximum Gasteiger partial charge on any atom is 0.261 e. The van der Waals surface area contributed by atoms with Crippen LogP contribution in [0, 0.1) is 23.1 Å². The predicted molar refractivity (Wildman–Crippen MR) is 138 cm³/mol. The number of aromatic amines is 1. The Kier molecular flexibility index (Phi) is 7.44. The number of hydrogen-bond acceptors (Lipinski definition) is 7. The number of nitrogens with two attached hydrogens (primary N) is 1. The molecule has 188 valence electrons. The predicted octanol–water partition coefficient (Wildman–Crippen LogP) is 4.69. The highest BCUT2D eigenvalue weighted by Crippen LogP contribution is 2.33. The third-order valence-electron chi connectivity index (χ3n) is 5.40. The molecule has 9 nitrogen and oxygen atoms in total. The maximum atomic E-state index is 15.0. The lowest BCUT2D eigenvalue weighted by molar-refractivity contribution is -0.117. The molecule has 0 radical (unpaired) electrons. The average molecular weight is 500 g/mol. The monoisotopic (exact) mass is 499 g/mol. The van der Waals surface area contributed by atoms with Gasteiger partial charge < -0.3 is 15.8 Å². The Hall–Kier alpha value is -4.78. The zero-order valence-corrected chi connectivity index (χ0v) is 20.6. The Morgan fingerprint density at radius 2 is 1.95 bits per heavy atom. The van der Waals surface area contributed by atoms with Crippen LogP contribution in [0.15, 0.2) is 60.2 Å². The lowest BCUT2D eigenvalue weighted by Crippen LogP contribution is -2.35. The first-order valence-corrected chi connectivity index (χ1v) is 11.7. The first-order valence-electron chi connectivity index (χ1n) is 11.7. The number of halogens is 1. The number of carbonyl (C=O) groups is 1. The lowest BCUT2D eigenvalue weighted by Gasteiger charge is -2.13. The van der Waals surface area contributed by atoms with Crippen LogP contribution < -0.4 is 15.8 Å². The minimum absolute atomic E-state index is 0.0538. The number of carbonyl (C=O) groups excluding carboxylic acids is 1. The van der Waals surface area contributed by atoms with Gasteiger partial charge in [-0.05, 0) is 37.1 Å². The zero-order valence-electron chi connectivity index (χ0n) is 20.6. The van der Waals surface area contributed by atoms with Crippen molar-refractivity contribution >= 4 is 22.8 Å².